The van der Waals surface area contributed by atoms with Crippen LogP contribution in [0.15, 0.2) is 12.7 Å². The minimum Gasteiger partial charge on any atom is -0.103 e. The Hall–Kier alpha value is -0.195. The molecule has 0 aliphatic rings. The molecule has 0 spiro atoms. The Morgan fingerprint density at radius 3 is 2.64 bits per heavy atom. The molecule has 0 aromatic carbocycles. The van der Waals surface area contributed by atoms with E-state index in [0.717, 1.165) is 5.82 Å². The lowest BCUT2D eigenvalue weighted by Crippen LogP contribution is -1.99. The molecule has 0 aliphatic carbocycles. The maximum atomic E-state index is 3.72. The van der Waals surface area contributed by atoms with Gasteiger partial charge in [-0.05, 0) is 6.42 Å². The zero-order valence-electron chi connectivity index (χ0n) is 7.97. The second kappa shape index (κ2) is 7.91. The Labute approximate surface area is 72.3 Å². The third-order valence-corrected chi connectivity index (χ3v) is 2.11. The minimum atomic E-state index is 0.847. The highest BCUT2D eigenvalue weighted by molar-refractivity contribution is 6.35. The van der Waals surface area contributed by atoms with Crippen LogP contribution in [-0.4, -0.2) is 7.28 Å². The lowest BCUT2D eigenvalue weighted by atomic mass is 9.63. The van der Waals surface area contributed by atoms with Crippen LogP contribution in [0.1, 0.15) is 39.0 Å². The summed E-state index contributed by atoms with van der Waals surface area (Å²) in [5.74, 6) is 0.847. The van der Waals surface area contributed by atoms with Gasteiger partial charge >= 0.3 is 0 Å². The van der Waals surface area contributed by atoms with Crippen molar-refractivity contribution in [2.75, 3.05) is 0 Å². The van der Waals surface area contributed by atoms with Crippen LogP contribution in [0.2, 0.25) is 12.6 Å². The molecule has 0 amide bonds. The number of rotatable bonds is 7. The molecule has 63 valence electrons. The van der Waals surface area contributed by atoms with Crippen LogP contribution in [0.4, 0.5) is 0 Å². The fourth-order valence-corrected chi connectivity index (χ4v) is 1.37. The topological polar surface area (TPSA) is 0 Å². The summed E-state index contributed by atoms with van der Waals surface area (Å²) in [6, 6.07) is 0. The minimum absolute atomic E-state index is 0.847. The van der Waals surface area contributed by atoms with Gasteiger partial charge in [-0.1, -0.05) is 51.3 Å². The summed E-state index contributed by atoms with van der Waals surface area (Å²) < 4.78 is 0. The Bertz CT molecular complexity index is 88.9. The van der Waals surface area contributed by atoms with E-state index in [4.69, 9.17) is 0 Å². The van der Waals surface area contributed by atoms with Crippen molar-refractivity contribution < 1.29 is 0 Å². The standard InChI is InChI=1S/C10H20B/c1-4-6-7-9-10(11-3)8-5-2/h4,10H,1,5-9H2,2-3H3. The van der Waals surface area contributed by atoms with Crippen molar-refractivity contribution in [2.45, 2.75) is 51.7 Å². The molecule has 0 rings (SSSR count). The molecule has 11 heavy (non-hydrogen) atoms. The predicted molar refractivity (Wildman–Crippen MR) is 54.3 cm³/mol. The number of hydrogen-bond acceptors (Lipinski definition) is 0. The van der Waals surface area contributed by atoms with Crippen LogP contribution in [0, 0.1) is 0 Å². The molecule has 1 radical (unpaired) electrons. The number of allylic oxidation sites excluding steroid dienone is 1. The van der Waals surface area contributed by atoms with Crippen LogP contribution >= 0.6 is 0 Å². The molecule has 0 saturated heterocycles. The van der Waals surface area contributed by atoms with Gasteiger partial charge in [0.25, 0.3) is 0 Å². The van der Waals surface area contributed by atoms with Gasteiger partial charge in [0.2, 0.25) is 0 Å². The van der Waals surface area contributed by atoms with Gasteiger partial charge in [0.1, 0.15) is 7.28 Å². The molecule has 0 saturated carbocycles. The van der Waals surface area contributed by atoms with Crippen molar-refractivity contribution in [3.8, 4) is 0 Å². The van der Waals surface area contributed by atoms with Crippen molar-refractivity contribution >= 4 is 7.28 Å². The van der Waals surface area contributed by atoms with Crippen LogP contribution < -0.4 is 0 Å². The van der Waals surface area contributed by atoms with E-state index in [9.17, 15) is 0 Å². The monoisotopic (exact) mass is 151 g/mol. The smallest absolute Gasteiger partial charge is 0.103 e. The van der Waals surface area contributed by atoms with Crippen LogP contribution in [0.3, 0.4) is 0 Å². The maximum Gasteiger partial charge on any atom is 0.110 e. The first-order chi connectivity index (χ1) is 5.35. The zero-order valence-corrected chi connectivity index (χ0v) is 7.97. The molecule has 1 unspecified atom stereocenters. The van der Waals surface area contributed by atoms with Crippen LogP contribution in [0.5, 0.6) is 0 Å². The highest BCUT2D eigenvalue weighted by atomic mass is 14.0. The summed E-state index contributed by atoms with van der Waals surface area (Å²) >= 11 is 0. The lowest BCUT2D eigenvalue weighted by molar-refractivity contribution is 0.632. The van der Waals surface area contributed by atoms with Gasteiger partial charge in [-0.2, -0.15) is 0 Å². The van der Waals surface area contributed by atoms with E-state index in [0.29, 0.717) is 0 Å². The molecular weight excluding hydrogens is 131 g/mol. The van der Waals surface area contributed by atoms with Gasteiger partial charge in [-0.15, -0.1) is 6.58 Å². The third kappa shape index (κ3) is 6.21. The third-order valence-electron chi connectivity index (χ3n) is 2.11. The fraction of sp³-hybridized carbons (Fsp3) is 0.800. The average Bonchev–Trinajstić information content (AvgIpc) is 2.03. The van der Waals surface area contributed by atoms with E-state index < -0.39 is 0 Å². The molecule has 0 fully saturated rings. The SMILES string of the molecule is C=CCCCC([B]C)CCC. The van der Waals surface area contributed by atoms with Gasteiger partial charge in [0.05, 0.1) is 0 Å². The molecule has 1 atom stereocenters. The summed E-state index contributed by atoms with van der Waals surface area (Å²) in [5.41, 5.74) is 0. The molecule has 0 bridgehead atoms. The summed E-state index contributed by atoms with van der Waals surface area (Å²) in [5, 5.41) is 0. The van der Waals surface area contributed by atoms with Gasteiger partial charge < -0.3 is 0 Å². The van der Waals surface area contributed by atoms with E-state index >= 15 is 0 Å². The van der Waals surface area contributed by atoms with E-state index in [-0.39, 0.29) is 0 Å². The fourth-order valence-electron chi connectivity index (χ4n) is 1.37. The predicted octanol–water partition coefficient (Wildman–Crippen LogP) is 3.68. The number of unbranched alkanes of at least 4 members (excludes halogenated alkanes) is 1. The van der Waals surface area contributed by atoms with Crippen molar-refractivity contribution in [3.05, 3.63) is 12.7 Å². The molecule has 0 heterocycles. The Kier molecular flexibility index (Phi) is 7.77. The molecular formula is C10H20B. The maximum absolute atomic E-state index is 3.72. The zero-order chi connectivity index (χ0) is 8.53. The average molecular weight is 151 g/mol. The Balaban J connectivity index is 3.27. The second-order valence-electron chi connectivity index (χ2n) is 3.10. The normalized spacial score (nSPS) is 12.5. The number of hydrogen-bond donors (Lipinski definition) is 0. The molecule has 0 aromatic rings. The molecule has 0 N–H and O–H groups in total. The van der Waals surface area contributed by atoms with Crippen molar-refractivity contribution in [1.29, 1.82) is 0 Å². The first kappa shape index (κ1) is 10.8. The Morgan fingerprint density at radius 2 is 2.18 bits per heavy atom. The van der Waals surface area contributed by atoms with Crippen molar-refractivity contribution in [3.63, 3.8) is 0 Å². The van der Waals surface area contributed by atoms with E-state index in [1.807, 2.05) is 6.08 Å². The van der Waals surface area contributed by atoms with Crippen molar-refractivity contribution in [2.24, 2.45) is 0 Å². The van der Waals surface area contributed by atoms with Crippen molar-refractivity contribution in [1.82, 2.24) is 0 Å². The molecule has 0 aliphatic heterocycles. The van der Waals surface area contributed by atoms with Crippen LogP contribution in [0.25, 0.3) is 0 Å². The van der Waals surface area contributed by atoms with Gasteiger partial charge in [0, 0.05) is 0 Å². The lowest BCUT2D eigenvalue weighted by Gasteiger charge is -2.11. The molecule has 0 aromatic heterocycles. The summed E-state index contributed by atoms with van der Waals surface area (Å²) in [6.07, 6.45) is 8.50. The van der Waals surface area contributed by atoms with E-state index in [2.05, 4.69) is 27.6 Å². The van der Waals surface area contributed by atoms with E-state index in [1.54, 1.807) is 0 Å². The van der Waals surface area contributed by atoms with Gasteiger partial charge in [0.15, 0.2) is 0 Å². The van der Waals surface area contributed by atoms with Gasteiger partial charge in [-0.25, -0.2) is 0 Å². The largest absolute Gasteiger partial charge is 0.110 e. The summed E-state index contributed by atoms with van der Waals surface area (Å²) in [7, 11) is 2.34. The first-order valence-electron chi connectivity index (χ1n) is 4.75. The van der Waals surface area contributed by atoms with E-state index in [1.165, 1.54) is 32.1 Å². The Morgan fingerprint density at radius 1 is 1.45 bits per heavy atom. The molecule has 1 heteroatoms. The first-order valence-corrected chi connectivity index (χ1v) is 4.75. The highest BCUT2D eigenvalue weighted by Gasteiger charge is 2.03. The quantitative estimate of drug-likeness (QED) is 0.295. The molecule has 0 nitrogen and oxygen atoms in total. The highest BCUT2D eigenvalue weighted by Crippen LogP contribution is 2.19. The second-order valence-corrected chi connectivity index (χ2v) is 3.10. The van der Waals surface area contributed by atoms with Crippen LogP contribution in [-0.2, 0) is 0 Å². The summed E-state index contributed by atoms with van der Waals surface area (Å²) in [4.78, 5) is 0. The summed E-state index contributed by atoms with van der Waals surface area (Å²) in [6.45, 7) is 8.15. The van der Waals surface area contributed by atoms with Gasteiger partial charge in [-0.3, -0.25) is 0 Å².